The molecule has 112 valence electrons. The van der Waals surface area contributed by atoms with Gasteiger partial charge in [0, 0.05) is 18.9 Å². The van der Waals surface area contributed by atoms with Crippen LogP contribution in [0.1, 0.15) is 52.0 Å². The maximum atomic E-state index is 11.9. The molecule has 0 fully saturated rings. The van der Waals surface area contributed by atoms with Gasteiger partial charge in [0.15, 0.2) is 0 Å². The first-order valence-electron chi connectivity index (χ1n) is 7.27. The van der Waals surface area contributed by atoms with E-state index in [-0.39, 0.29) is 23.3 Å². The van der Waals surface area contributed by atoms with Gasteiger partial charge in [-0.25, -0.2) is 0 Å². The summed E-state index contributed by atoms with van der Waals surface area (Å²) in [5, 5.41) is 12.6. The molecule has 2 atom stereocenters. The summed E-state index contributed by atoms with van der Waals surface area (Å²) in [5.41, 5.74) is 1.15. The van der Waals surface area contributed by atoms with E-state index >= 15 is 0 Å². The Balaban J connectivity index is 2.60. The third-order valence-corrected chi connectivity index (χ3v) is 3.13. The van der Waals surface area contributed by atoms with E-state index in [2.05, 4.69) is 26.1 Å². The van der Waals surface area contributed by atoms with Gasteiger partial charge < -0.3 is 10.4 Å². The molecule has 0 saturated carbocycles. The lowest BCUT2D eigenvalue weighted by molar-refractivity contribution is -0.122. The zero-order valence-electron chi connectivity index (χ0n) is 13.0. The molecule has 3 nitrogen and oxygen atoms in total. The van der Waals surface area contributed by atoms with Gasteiger partial charge in [0.1, 0.15) is 0 Å². The van der Waals surface area contributed by atoms with Gasteiger partial charge in [-0.05, 0) is 24.3 Å². The molecule has 2 N–H and O–H groups in total. The van der Waals surface area contributed by atoms with E-state index in [0.29, 0.717) is 19.4 Å². The average molecular weight is 277 g/mol. The Morgan fingerprint density at radius 3 is 2.35 bits per heavy atom. The molecule has 20 heavy (non-hydrogen) atoms. The van der Waals surface area contributed by atoms with Crippen molar-refractivity contribution in [1.29, 1.82) is 0 Å². The van der Waals surface area contributed by atoms with E-state index in [1.807, 2.05) is 30.3 Å². The highest BCUT2D eigenvalue weighted by Gasteiger charge is 2.18. The predicted molar refractivity (Wildman–Crippen MR) is 82.6 cm³/mol. The van der Waals surface area contributed by atoms with Crippen LogP contribution in [-0.4, -0.2) is 23.7 Å². The van der Waals surface area contributed by atoms with Gasteiger partial charge in [-0.1, -0.05) is 51.1 Å². The second-order valence-corrected chi connectivity index (χ2v) is 6.73. The zero-order chi connectivity index (χ0) is 15.2. The Bertz CT molecular complexity index is 407. The maximum Gasteiger partial charge on any atom is 0.220 e. The van der Waals surface area contributed by atoms with Crippen LogP contribution in [-0.2, 0) is 4.79 Å². The number of carbonyl (C=O) groups is 1. The van der Waals surface area contributed by atoms with E-state index in [4.69, 9.17) is 0 Å². The molecule has 1 aromatic rings. The minimum atomic E-state index is -0.375. The molecule has 0 heterocycles. The number of aliphatic hydroxyl groups is 1. The number of hydrogen-bond donors (Lipinski definition) is 2. The highest BCUT2D eigenvalue weighted by molar-refractivity contribution is 5.76. The molecule has 0 spiro atoms. The second kappa shape index (κ2) is 7.44. The number of aliphatic hydroxyl groups excluding tert-OH is 1. The van der Waals surface area contributed by atoms with E-state index < -0.39 is 0 Å². The molecule has 1 aromatic carbocycles. The first-order chi connectivity index (χ1) is 9.28. The maximum absolute atomic E-state index is 11.9. The SMILES string of the molecule is CC(O)CC(CNC(=O)CC(C)(C)C)c1ccccc1. The monoisotopic (exact) mass is 277 g/mol. The van der Waals surface area contributed by atoms with Crippen molar-refractivity contribution < 1.29 is 9.90 Å². The van der Waals surface area contributed by atoms with E-state index in [1.54, 1.807) is 6.92 Å². The lowest BCUT2D eigenvalue weighted by atomic mass is 9.91. The number of rotatable bonds is 6. The van der Waals surface area contributed by atoms with Crippen LogP contribution in [0.15, 0.2) is 30.3 Å². The summed E-state index contributed by atoms with van der Waals surface area (Å²) in [6.45, 7) is 8.52. The molecule has 0 saturated heterocycles. The minimum Gasteiger partial charge on any atom is -0.393 e. The normalized spacial score (nSPS) is 14.7. The molecule has 0 bridgehead atoms. The van der Waals surface area contributed by atoms with Crippen molar-refractivity contribution in [3.8, 4) is 0 Å². The molecule has 0 radical (unpaired) electrons. The number of amides is 1. The topological polar surface area (TPSA) is 49.3 Å². The summed E-state index contributed by atoms with van der Waals surface area (Å²) in [4.78, 5) is 11.9. The summed E-state index contributed by atoms with van der Waals surface area (Å²) in [6.07, 6.45) is 0.794. The third kappa shape index (κ3) is 6.71. The van der Waals surface area contributed by atoms with Crippen molar-refractivity contribution in [2.24, 2.45) is 5.41 Å². The Morgan fingerprint density at radius 2 is 1.85 bits per heavy atom. The van der Waals surface area contributed by atoms with Crippen molar-refractivity contribution in [2.45, 2.75) is 52.6 Å². The lowest BCUT2D eigenvalue weighted by Crippen LogP contribution is -2.32. The van der Waals surface area contributed by atoms with E-state index in [1.165, 1.54) is 0 Å². The molecule has 0 aliphatic rings. The molecular weight excluding hydrogens is 250 g/mol. The Morgan fingerprint density at radius 1 is 1.25 bits per heavy atom. The van der Waals surface area contributed by atoms with E-state index in [9.17, 15) is 9.90 Å². The van der Waals surface area contributed by atoms with Crippen LogP contribution in [0, 0.1) is 5.41 Å². The van der Waals surface area contributed by atoms with Crippen LogP contribution in [0.25, 0.3) is 0 Å². The van der Waals surface area contributed by atoms with Crippen molar-refractivity contribution in [2.75, 3.05) is 6.54 Å². The first kappa shape index (κ1) is 16.7. The first-order valence-corrected chi connectivity index (χ1v) is 7.27. The summed E-state index contributed by atoms with van der Waals surface area (Å²) < 4.78 is 0. The third-order valence-electron chi connectivity index (χ3n) is 3.13. The van der Waals surface area contributed by atoms with Crippen molar-refractivity contribution in [3.05, 3.63) is 35.9 Å². The Labute approximate surface area is 122 Å². The number of benzene rings is 1. The smallest absolute Gasteiger partial charge is 0.220 e. The summed E-state index contributed by atoms with van der Waals surface area (Å²) in [6, 6.07) is 10.0. The molecule has 2 unspecified atom stereocenters. The zero-order valence-corrected chi connectivity index (χ0v) is 13.0. The van der Waals surface area contributed by atoms with Crippen LogP contribution in [0.2, 0.25) is 0 Å². The van der Waals surface area contributed by atoms with E-state index in [0.717, 1.165) is 5.56 Å². The molecule has 0 aliphatic heterocycles. The van der Waals surface area contributed by atoms with Crippen LogP contribution >= 0.6 is 0 Å². The van der Waals surface area contributed by atoms with Gasteiger partial charge in [-0.2, -0.15) is 0 Å². The Hall–Kier alpha value is -1.35. The van der Waals surface area contributed by atoms with Crippen LogP contribution < -0.4 is 5.32 Å². The van der Waals surface area contributed by atoms with Crippen LogP contribution in [0.3, 0.4) is 0 Å². The van der Waals surface area contributed by atoms with Crippen molar-refractivity contribution >= 4 is 5.91 Å². The second-order valence-electron chi connectivity index (χ2n) is 6.73. The van der Waals surface area contributed by atoms with Crippen LogP contribution in [0.5, 0.6) is 0 Å². The fourth-order valence-electron chi connectivity index (χ4n) is 2.26. The number of nitrogens with one attached hydrogen (secondary N) is 1. The van der Waals surface area contributed by atoms with Gasteiger partial charge >= 0.3 is 0 Å². The molecule has 0 aliphatic carbocycles. The highest BCUT2D eigenvalue weighted by atomic mass is 16.3. The Kier molecular flexibility index (Phi) is 6.21. The highest BCUT2D eigenvalue weighted by Crippen LogP contribution is 2.21. The van der Waals surface area contributed by atoms with Gasteiger partial charge in [0.05, 0.1) is 6.10 Å². The van der Waals surface area contributed by atoms with Gasteiger partial charge in [0.2, 0.25) is 5.91 Å². The largest absolute Gasteiger partial charge is 0.393 e. The fraction of sp³-hybridized carbons (Fsp3) is 0.588. The lowest BCUT2D eigenvalue weighted by Gasteiger charge is -2.22. The van der Waals surface area contributed by atoms with Crippen molar-refractivity contribution in [1.82, 2.24) is 5.32 Å². The van der Waals surface area contributed by atoms with Gasteiger partial charge in [-0.15, -0.1) is 0 Å². The molecule has 1 rings (SSSR count). The van der Waals surface area contributed by atoms with Gasteiger partial charge in [-0.3, -0.25) is 4.79 Å². The summed E-state index contributed by atoms with van der Waals surface area (Å²) >= 11 is 0. The standard InChI is InChI=1S/C17H27NO2/c1-13(19)10-15(14-8-6-5-7-9-14)12-18-16(20)11-17(2,3)4/h5-9,13,15,19H,10-12H2,1-4H3,(H,18,20). The fourth-order valence-corrected chi connectivity index (χ4v) is 2.26. The molecule has 3 heteroatoms. The van der Waals surface area contributed by atoms with Crippen LogP contribution in [0.4, 0.5) is 0 Å². The minimum absolute atomic E-state index is 0.00338. The number of hydrogen-bond acceptors (Lipinski definition) is 2. The summed E-state index contributed by atoms with van der Waals surface area (Å²) in [7, 11) is 0. The molecule has 0 aromatic heterocycles. The predicted octanol–water partition coefficient (Wildman–Crippen LogP) is 3.09. The molecule has 1 amide bonds. The van der Waals surface area contributed by atoms with Crippen molar-refractivity contribution in [3.63, 3.8) is 0 Å². The quantitative estimate of drug-likeness (QED) is 0.839. The number of carbonyl (C=O) groups excluding carboxylic acids is 1. The summed E-state index contributed by atoms with van der Waals surface area (Å²) in [5.74, 6) is 0.226. The average Bonchev–Trinajstić information content (AvgIpc) is 2.33. The molecular formula is C17H27NO2. The van der Waals surface area contributed by atoms with Gasteiger partial charge in [0.25, 0.3) is 0 Å².